The van der Waals surface area contributed by atoms with E-state index in [1.807, 2.05) is 48.5 Å². The van der Waals surface area contributed by atoms with Crippen LogP contribution in [0.3, 0.4) is 0 Å². The van der Waals surface area contributed by atoms with E-state index < -0.39 is 0 Å². The maximum Gasteiger partial charge on any atom is 0.251 e. The lowest BCUT2D eigenvalue weighted by atomic mass is 10.1. The Balaban J connectivity index is 1.20. The summed E-state index contributed by atoms with van der Waals surface area (Å²) in [4.78, 5) is 21.6. The van der Waals surface area contributed by atoms with Crippen LogP contribution in [0.15, 0.2) is 53.0 Å². The number of carbonyl (C=O) groups excluding carboxylic acids is 1. The van der Waals surface area contributed by atoms with Crippen molar-refractivity contribution >= 4 is 50.1 Å². The van der Waals surface area contributed by atoms with Crippen LogP contribution in [0.4, 0.5) is 5.13 Å². The molecule has 0 aliphatic carbocycles. The van der Waals surface area contributed by atoms with Crippen LogP contribution in [0.2, 0.25) is 5.02 Å². The van der Waals surface area contributed by atoms with Crippen molar-refractivity contribution < 1.29 is 4.79 Å². The number of anilines is 1. The average Bonchev–Trinajstić information content (AvgIpc) is 3.25. The Hall–Kier alpha value is -2.00. The molecular formula is C22H23BrClN5OS. The van der Waals surface area contributed by atoms with Gasteiger partial charge in [-0.05, 0) is 42.0 Å². The van der Waals surface area contributed by atoms with Crippen LogP contribution in [0.25, 0.3) is 0 Å². The Morgan fingerprint density at radius 1 is 1.06 bits per heavy atom. The van der Waals surface area contributed by atoms with Crippen LogP contribution < -0.4 is 10.2 Å². The fourth-order valence-electron chi connectivity index (χ4n) is 3.42. The summed E-state index contributed by atoms with van der Waals surface area (Å²) < 4.78 is 5.49. The third-order valence-corrected chi connectivity index (χ3v) is 6.79. The Bertz CT molecular complexity index is 1000. The number of nitrogens with zero attached hydrogens (tertiary/aromatic N) is 4. The van der Waals surface area contributed by atoms with E-state index in [4.69, 9.17) is 16.6 Å². The van der Waals surface area contributed by atoms with Crippen molar-refractivity contribution in [3.05, 3.63) is 75.0 Å². The fraction of sp³-hybridized carbons (Fsp3) is 0.318. The van der Waals surface area contributed by atoms with Crippen LogP contribution in [-0.4, -0.2) is 59.4 Å². The van der Waals surface area contributed by atoms with Crippen LogP contribution in [0, 0.1) is 0 Å². The highest BCUT2D eigenvalue weighted by molar-refractivity contribution is 9.10. The zero-order chi connectivity index (χ0) is 21.6. The van der Waals surface area contributed by atoms with Gasteiger partial charge in [0.1, 0.15) is 5.82 Å². The summed E-state index contributed by atoms with van der Waals surface area (Å²) in [7, 11) is 0. The summed E-state index contributed by atoms with van der Waals surface area (Å²) in [5.74, 6) is 0.814. The minimum absolute atomic E-state index is 0.0341. The molecule has 3 aromatic rings. The zero-order valence-corrected chi connectivity index (χ0v) is 20.1. The molecule has 31 heavy (non-hydrogen) atoms. The van der Waals surface area contributed by atoms with Gasteiger partial charge >= 0.3 is 0 Å². The summed E-state index contributed by atoms with van der Waals surface area (Å²) >= 11 is 10.8. The van der Waals surface area contributed by atoms with E-state index in [1.54, 1.807) is 0 Å². The van der Waals surface area contributed by atoms with Gasteiger partial charge in [-0.3, -0.25) is 9.69 Å². The molecule has 6 nitrogen and oxygen atoms in total. The number of hydrogen-bond acceptors (Lipinski definition) is 6. The number of aromatic nitrogens is 2. The van der Waals surface area contributed by atoms with E-state index in [1.165, 1.54) is 11.5 Å². The van der Waals surface area contributed by atoms with Crippen molar-refractivity contribution in [2.75, 3.05) is 44.2 Å². The highest BCUT2D eigenvalue weighted by Crippen LogP contribution is 2.21. The van der Waals surface area contributed by atoms with E-state index in [2.05, 4.69) is 35.4 Å². The van der Waals surface area contributed by atoms with Crippen molar-refractivity contribution in [1.82, 2.24) is 19.6 Å². The van der Waals surface area contributed by atoms with E-state index in [9.17, 15) is 4.79 Å². The second-order valence-corrected chi connectivity index (χ2v) is 9.47. The molecule has 0 atom stereocenters. The molecule has 2 heterocycles. The summed E-state index contributed by atoms with van der Waals surface area (Å²) in [6.07, 6.45) is 0.714. The number of nitrogens with one attached hydrogen (secondary N) is 1. The smallest absolute Gasteiger partial charge is 0.251 e. The first-order valence-corrected chi connectivity index (χ1v) is 12.1. The molecule has 1 fully saturated rings. The molecule has 0 saturated carbocycles. The molecule has 1 N–H and O–H groups in total. The Labute approximate surface area is 199 Å². The lowest BCUT2D eigenvalue weighted by molar-refractivity contribution is 0.0948. The largest absolute Gasteiger partial charge is 0.351 e. The number of rotatable bonds is 7. The molecule has 0 radical (unpaired) electrons. The SMILES string of the molecule is O=C(NCCN1CCN(c2nc(Cc3ccc(Cl)cc3)ns2)CC1)c1ccc(Br)cc1. The van der Waals surface area contributed by atoms with E-state index >= 15 is 0 Å². The summed E-state index contributed by atoms with van der Waals surface area (Å²) in [6.45, 7) is 5.19. The minimum Gasteiger partial charge on any atom is -0.351 e. The van der Waals surface area contributed by atoms with Crippen molar-refractivity contribution in [2.45, 2.75) is 6.42 Å². The van der Waals surface area contributed by atoms with Gasteiger partial charge in [0.2, 0.25) is 5.13 Å². The van der Waals surface area contributed by atoms with Crippen molar-refractivity contribution in [3.63, 3.8) is 0 Å². The monoisotopic (exact) mass is 519 g/mol. The molecule has 2 aromatic carbocycles. The third kappa shape index (κ3) is 6.26. The van der Waals surface area contributed by atoms with Gasteiger partial charge < -0.3 is 10.2 Å². The molecule has 0 spiro atoms. The lowest BCUT2D eigenvalue weighted by Gasteiger charge is -2.34. The molecule has 1 aliphatic rings. The number of amides is 1. The number of benzene rings is 2. The van der Waals surface area contributed by atoms with E-state index in [0.29, 0.717) is 18.5 Å². The van der Waals surface area contributed by atoms with Gasteiger partial charge in [-0.1, -0.05) is 39.7 Å². The van der Waals surface area contributed by atoms with E-state index in [-0.39, 0.29) is 5.91 Å². The molecule has 1 aliphatic heterocycles. The molecule has 1 aromatic heterocycles. The Kier molecular flexibility index (Phi) is 7.55. The Morgan fingerprint density at radius 2 is 1.77 bits per heavy atom. The van der Waals surface area contributed by atoms with Gasteiger partial charge in [0.25, 0.3) is 5.91 Å². The minimum atomic E-state index is -0.0341. The molecule has 0 unspecified atom stereocenters. The lowest BCUT2D eigenvalue weighted by Crippen LogP contribution is -2.48. The average molecular weight is 521 g/mol. The zero-order valence-electron chi connectivity index (χ0n) is 16.9. The first kappa shape index (κ1) is 22.2. The number of hydrogen-bond donors (Lipinski definition) is 1. The van der Waals surface area contributed by atoms with Crippen molar-refractivity contribution in [2.24, 2.45) is 0 Å². The predicted molar refractivity (Wildman–Crippen MR) is 129 cm³/mol. The highest BCUT2D eigenvalue weighted by atomic mass is 79.9. The number of piperazine rings is 1. The molecular weight excluding hydrogens is 498 g/mol. The Morgan fingerprint density at radius 3 is 2.48 bits per heavy atom. The quantitative estimate of drug-likeness (QED) is 0.508. The molecule has 162 valence electrons. The van der Waals surface area contributed by atoms with Crippen molar-refractivity contribution in [3.8, 4) is 0 Å². The molecule has 1 saturated heterocycles. The standard InChI is InChI=1S/C22H23BrClN5OS/c23-18-5-3-17(4-6-18)21(30)25-9-10-28-11-13-29(14-12-28)22-26-20(27-31-22)15-16-1-7-19(24)8-2-16/h1-8H,9-15H2,(H,25,30). The molecule has 9 heteroatoms. The maximum atomic E-state index is 12.2. The number of halogens is 2. The fourth-order valence-corrected chi connectivity index (χ4v) is 4.55. The first-order chi connectivity index (χ1) is 15.1. The molecule has 4 rings (SSSR count). The van der Waals surface area contributed by atoms with E-state index in [0.717, 1.165) is 58.7 Å². The first-order valence-electron chi connectivity index (χ1n) is 10.1. The molecule has 1 amide bonds. The third-order valence-electron chi connectivity index (χ3n) is 5.20. The summed E-state index contributed by atoms with van der Waals surface area (Å²) in [6, 6.07) is 15.2. The highest BCUT2D eigenvalue weighted by Gasteiger charge is 2.20. The number of carbonyl (C=O) groups is 1. The van der Waals surface area contributed by atoms with Gasteiger partial charge in [-0.2, -0.15) is 4.37 Å². The maximum absolute atomic E-state index is 12.2. The van der Waals surface area contributed by atoms with Crippen molar-refractivity contribution in [1.29, 1.82) is 0 Å². The van der Waals surface area contributed by atoms with Gasteiger partial charge in [0, 0.05) is 72.3 Å². The second-order valence-electron chi connectivity index (χ2n) is 7.39. The van der Waals surface area contributed by atoms with Gasteiger partial charge in [0.15, 0.2) is 0 Å². The van der Waals surface area contributed by atoms with Gasteiger partial charge in [-0.15, -0.1) is 0 Å². The normalized spacial score (nSPS) is 14.6. The van der Waals surface area contributed by atoms with Crippen LogP contribution >= 0.6 is 39.1 Å². The van der Waals surface area contributed by atoms with Crippen LogP contribution in [-0.2, 0) is 6.42 Å². The topological polar surface area (TPSA) is 61.4 Å². The summed E-state index contributed by atoms with van der Waals surface area (Å²) in [5, 5.41) is 4.72. The summed E-state index contributed by atoms with van der Waals surface area (Å²) in [5.41, 5.74) is 1.84. The van der Waals surface area contributed by atoms with Gasteiger partial charge in [-0.25, -0.2) is 4.98 Å². The molecule has 0 bridgehead atoms. The second kappa shape index (κ2) is 10.5. The van der Waals surface area contributed by atoms with Crippen LogP contribution in [0.5, 0.6) is 0 Å². The van der Waals surface area contributed by atoms with Crippen LogP contribution in [0.1, 0.15) is 21.7 Å². The van der Waals surface area contributed by atoms with Gasteiger partial charge in [0.05, 0.1) is 0 Å². The predicted octanol–water partition coefficient (Wildman–Crippen LogP) is 4.10.